The van der Waals surface area contributed by atoms with Gasteiger partial charge in [0.1, 0.15) is 6.61 Å². The molecular weight excluding hydrogens is 296 g/mol. The highest BCUT2D eigenvalue weighted by Crippen LogP contribution is 2.15. The Hall–Kier alpha value is -2.52. The second-order valence-electron chi connectivity index (χ2n) is 4.77. The number of oxime groups is 1. The molecule has 22 heavy (non-hydrogen) atoms. The van der Waals surface area contributed by atoms with Crippen molar-refractivity contribution < 1.29 is 4.84 Å². The van der Waals surface area contributed by atoms with Crippen LogP contribution < -0.4 is 0 Å². The van der Waals surface area contributed by atoms with Crippen LogP contribution in [0, 0.1) is 0 Å². The lowest BCUT2D eigenvalue weighted by Crippen LogP contribution is -1.98. The van der Waals surface area contributed by atoms with E-state index in [1.165, 1.54) is 0 Å². The molecule has 0 aliphatic heterocycles. The van der Waals surface area contributed by atoms with Gasteiger partial charge < -0.3 is 9.40 Å². The number of rotatable bonds is 5. The fraction of sp³-hybridized carbons (Fsp3) is 0.0556. The largest absolute Gasteiger partial charge is 0.391 e. The van der Waals surface area contributed by atoms with Gasteiger partial charge in [0.2, 0.25) is 0 Å². The Morgan fingerprint density at radius 2 is 1.73 bits per heavy atom. The first kappa shape index (κ1) is 14.4. The molecule has 110 valence electrons. The molecule has 1 heterocycles. The molecule has 0 saturated heterocycles. The van der Waals surface area contributed by atoms with Gasteiger partial charge in [-0.1, -0.05) is 47.1 Å². The summed E-state index contributed by atoms with van der Waals surface area (Å²) >= 11 is 5.92. The van der Waals surface area contributed by atoms with E-state index >= 15 is 0 Å². The summed E-state index contributed by atoms with van der Waals surface area (Å²) in [6.45, 7) is 0.457. The van der Waals surface area contributed by atoms with Gasteiger partial charge in [-0.05, 0) is 42.0 Å². The molecule has 0 atom stereocenters. The third-order valence-electron chi connectivity index (χ3n) is 3.22. The summed E-state index contributed by atoms with van der Waals surface area (Å²) in [5, 5.41) is 4.76. The van der Waals surface area contributed by atoms with Gasteiger partial charge in [0.05, 0.1) is 11.9 Å². The molecule has 0 saturated carbocycles. The minimum absolute atomic E-state index is 0.457. The van der Waals surface area contributed by atoms with Crippen LogP contribution in [0.2, 0.25) is 5.02 Å². The molecule has 0 radical (unpaired) electrons. The summed E-state index contributed by atoms with van der Waals surface area (Å²) in [7, 11) is 0. The van der Waals surface area contributed by atoms with Crippen LogP contribution in [-0.2, 0) is 11.4 Å². The van der Waals surface area contributed by atoms with Crippen LogP contribution in [-0.4, -0.2) is 10.8 Å². The summed E-state index contributed by atoms with van der Waals surface area (Å²) in [5.41, 5.74) is 3.06. The molecule has 3 rings (SSSR count). The van der Waals surface area contributed by atoms with E-state index in [2.05, 4.69) is 5.16 Å². The highest BCUT2D eigenvalue weighted by atomic mass is 35.5. The zero-order valence-electron chi connectivity index (χ0n) is 11.9. The third-order valence-corrected chi connectivity index (χ3v) is 3.47. The summed E-state index contributed by atoms with van der Waals surface area (Å²) in [6, 6.07) is 21.5. The topological polar surface area (TPSA) is 26.5 Å². The van der Waals surface area contributed by atoms with Gasteiger partial charge in [-0.2, -0.15) is 0 Å². The number of aromatic nitrogens is 1. The molecule has 1 aromatic heterocycles. The highest BCUT2D eigenvalue weighted by Gasteiger charge is 2.01. The van der Waals surface area contributed by atoms with E-state index in [4.69, 9.17) is 16.4 Å². The first-order chi connectivity index (χ1) is 10.8. The van der Waals surface area contributed by atoms with Gasteiger partial charge >= 0.3 is 0 Å². The van der Waals surface area contributed by atoms with Crippen molar-refractivity contribution in [2.75, 3.05) is 0 Å². The van der Waals surface area contributed by atoms with Gasteiger partial charge in [-0.15, -0.1) is 0 Å². The van der Waals surface area contributed by atoms with Crippen LogP contribution in [0.5, 0.6) is 0 Å². The van der Waals surface area contributed by atoms with E-state index in [0.29, 0.717) is 6.61 Å². The number of nitrogens with zero attached hydrogens (tertiary/aromatic N) is 2. The Labute approximate surface area is 134 Å². The normalized spacial score (nSPS) is 11.0. The van der Waals surface area contributed by atoms with Crippen LogP contribution in [0.4, 0.5) is 0 Å². The highest BCUT2D eigenvalue weighted by molar-refractivity contribution is 6.30. The van der Waals surface area contributed by atoms with Crippen molar-refractivity contribution >= 4 is 17.8 Å². The van der Waals surface area contributed by atoms with Crippen molar-refractivity contribution in [3.8, 4) is 5.69 Å². The van der Waals surface area contributed by atoms with Gasteiger partial charge in [-0.3, -0.25) is 0 Å². The summed E-state index contributed by atoms with van der Waals surface area (Å²) < 4.78 is 2.02. The quantitative estimate of drug-likeness (QED) is 0.496. The van der Waals surface area contributed by atoms with Crippen molar-refractivity contribution in [2.24, 2.45) is 5.16 Å². The summed E-state index contributed by atoms with van der Waals surface area (Å²) in [6.07, 6.45) is 3.68. The average Bonchev–Trinajstić information content (AvgIpc) is 3.02. The standard InChI is InChI=1S/C18H15ClN2O/c19-16-8-10-17(11-9-16)21-12-4-7-18(21)13-20-22-14-15-5-2-1-3-6-15/h1-13H,14H2/b20-13+. The Morgan fingerprint density at radius 3 is 2.50 bits per heavy atom. The summed E-state index contributed by atoms with van der Waals surface area (Å²) in [5.74, 6) is 0. The lowest BCUT2D eigenvalue weighted by molar-refractivity contribution is 0.132. The lowest BCUT2D eigenvalue weighted by Gasteiger charge is -2.06. The van der Waals surface area contributed by atoms with Crippen molar-refractivity contribution in [1.29, 1.82) is 0 Å². The molecule has 0 aliphatic rings. The van der Waals surface area contributed by atoms with E-state index in [9.17, 15) is 0 Å². The van der Waals surface area contributed by atoms with E-state index in [1.807, 2.05) is 77.5 Å². The smallest absolute Gasteiger partial charge is 0.142 e. The molecule has 4 heteroatoms. The minimum Gasteiger partial charge on any atom is -0.391 e. The first-order valence-corrected chi connectivity index (χ1v) is 7.33. The van der Waals surface area contributed by atoms with Crippen LogP contribution in [0.25, 0.3) is 5.69 Å². The molecule has 3 nitrogen and oxygen atoms in total. The van der Waals surface area contributed by atoms with E-state index < -0.39 is 0 Å². The molecule has 0 aliphatic carbocycles. The molecule has 0 N–H and O–H groups in total. The molecule has 0 spiro atoms. The molecule has 3 aromatic rings. The second-order valence-corrected chi connectivity index (χ2v) is 5.21. The summed E-state index contributed by atoms with van der Waals surface area (Å²) in [4.78, 5) is 5.34. The number of hydrogen-bond donors (Lipinski definition) is 0. The number of hydrogen-bond acceptors (Lipinski definition) is 2. The Balaban J connectivity index is 1.67. The van der Waals surface area contributed by atoms with Gasteiger partial charge in [0, 0.05) is 16.9 Å². The molecular formula is C18H15ClN2O. The zero-order chi connectivity index (χ0) is 15.2. The molecule has 0 fully saturated rings. The Bertz CT molecular complexity index is 748. The van der Waals surface area contributed by atoms with Crippen LogP contribution in [0.15, 0.2) is 78.1 Å². The third kappa shape index (κ3) is 3.57. The molecule has 0 bridgehead atoms. The zero-order valence-corrected chi connectivity index (χ0v) is 12.6. The lowest BCUT2D eigenvalue weighted by atomic mass is 10.2. The maximum Gasteiger partial charge on any atom is 0.142 e. The van der Waals surface area contributed by atoms with Crippen molar-refractivity contribution in [1.82, 2.24) is 4.57 Å². The van der Waals surface area contributed by atoms with Crippen LogP contribution >= 0.6 is 11.6 Å². The van der Waals surface area contributed by atoms with Crippen LogP contribution in [0.1, 0.15) is 11.3 Å². The first-order valence-electron chi connectivity index (χ1n) is 6.95. The predicted octanol–water partition coefficient (Wildman–Crippen LogP) is 4.68. The van der Waals surface area contributed by atoms with Gasteiger partial charge in [0.15, 0.2) is 0 Å². The number of halogens is 1. The second kappa shape index (κ2) is 6.96. The van der Waals surface area contributed by atoms with Crippen molar-refractivity contribution in [3.05, 3.63) is 89.2 Å². The van der Waals surface area contributed by atoms with Crippen LogP contribution in [0.3, 0.4) is 0 Å². The molecule has 0 amide bonds. The fourth-order valence-corrected chi connectivity index (χ4v) is 2.24. The average molecular weight is 311 g/mol. The SMILES string of the molecule is Clc1ccc(-n2cccc2/C=N/OCc2ccccc2)cc1. The van der Waals surface area contributed by atoms with E-state index in [1.54, 1.807) is 6.21 Å². The molecule has 2 aromatic carbocycles. The minimum atomic E-state index is 0.457. The molecule has 0 unspecified atom stereocenters. The maximum atomic E-state index is 5.92. The monoisotopic (exact) mass is 310 g/mol. The van der Waals surface area contributed by atoms with E-state index in [0.717, 1.165) is 22.0 Å². The Kier molecular flexibility index (Phi) is 4.56. The fourth-order valence-electron chi connectivity index (χ4n) is 2.11. The van der Waals surface area contributed by atoms with E-state index in [-0.39, 0.29) is 0 Å². The Morgan fingerprint density at radius 1 is 0.955 bits per heavy atom. The van der Waals surface area contributed by atoms with Gasteiger partial charge in [-0.25, -0.2) is 0 Å². The number of benzene rings is 2. The maximum absolute atomic E-state index is 5.92. The predicted molar refractivity (Wildman–Crippen MR) is 89.6 cm³/mol. The van der Waals surface area contributed by atoms with Gasteiger partial charge in [0.25, 0.3) is 0 Å². The van der Waals surface area contributed by atoms with Crippen molar-refractivity contribution in [3.63, 3.8) is 0 Å². The van der Waals surface area contributed by atoms with Crippen molar-refractivity contribution in [2.45, 2.75) is 6.61 Å².